The van der Waals surface area contributed by atoms with Crippen LogP contribution in [-0.2, 0) is 14.3 Å². The highest BCUT2D eigenvalue weighted by Gasteiger charge is 2.38. The lowest BCUT2D eigenvalue weighted by atomic mass is 9.70. The molecule has 0 aromatic rings. The molecule has 0 unspecified atom stereocenters. The fraction of sp³-hybridized carbons (Fsp3) is 0.877. The van der Waals surface area contributed by atoms with Gasteiger partial charge in [-0.3, -0.25) is 4.79 Å². The van der Waals surface area contributed by atoms with Gasteiger partial charge >= 0.3 is 0 Å². The molecule has 0 spiro atoms. The van der Waals surface area contributed by atoms with Gasteiger partial charge in [0, 0.05) is 26.2 Å². The van der Waals surface area contributed by atoms with Gasteiger partial charge in [-0.1, -0.05) is 207 Å². The van der Waals surface area contributed by atoms with E-state index < -0.39 is 0 Å². The van der Waals surface area contributed by atoms with Crippen LogP contribution >= 0.6 is 0 Å². The maximum Gasteiger partial charge on any atom is 0.225 e. The highest BCUT2D eigenvalue weighted by molar-refractivity contribution is 5.82. The second kappa shape index (κ2) is 41.8. The van der Waals surface area contributed by atoms with Crippen LogP contribution in [0.2, 0.25) is 0 Å². The molecule has 364 valence electrons. The smallest absolute Gasteiger partial charge is 0.225 e. The molecule has 5 heteroatoms. The molecule has 1 aliphatic rings. The van der Waals surface area contributed by atoms with E-state index in [0.29, 0.717) is 6.10 Å². The summed E-state index contributed by atoms with van der Waals surface area (Å²) < 4.78 is 12.8. The van der Waals surface area contributed by atoms with Crippen LogP contribution in [0, 0.1) is 11.3 Å². The molecule has 1 N–H and O–H groups in total. The van der Waals surface area contributed by atoms with Crippen molar-refractivity contribution in [1.29, 1.82) is 0 Å². The molecule has 1 aliphatic carbocycles. The molecular weight excluding hydrogens is 761 g/mol. The quantitative estimate of drug-likeness (QED) is 0.0376. The van der Waals surface area contributed by atoms with E-state index in [1.54, 1.807) is 0 Å². The second-order valence-corrected chi connectivity index (χ2v) is 19.7. The Hall–Kier alpha value is -1.93. The van der Waals surface area contributed by atoms with E-state index in [9.17, 15) is 4.79 Å². The summed E-state index contributed by atoms with van der Waals surface area (Å²) in [4.78, 5) is 15.4. The van der Waals surface area contributed by atoms with Crippen LogP contribution in [0.5, 0.6) is 0 Å². The molecule has 0 atom stereocenters. The number of carbonyl (C=O) groups excluding carboxylic acids is 1. The van der Waals surface area contributed by atoms with E-state index in [2.05, 4.69) is 69.5 Å². The third-order valence-corrected chi connectivity index (χ3v) is 13.9. The summed E-state index contributed by atoms with van der Waals surface area (Å²) in [5.74, 6) is 3.04. The first kappa shape index (κ1) is 58.1. The minimum absolute atomic E-state index is 0. The number of hydrogen-bond acceptors (Lipinski definition) is 4. The third kappa shape index (κ3) is 31.8. The second-order valence-electron chi connectivity index (χ2n) is 19.7. The number of amides is 1. The molecule has 0 aromatic heterocycles. The Morgan fingerprint density at radius 1 is 0.581 bits per heavy atom. The van der Waals surface area contributed by atoms with Crippen molar-refractivity contribution >= 4 is 5.91 Å². The average Bonchev–Trinajstić information content (AvgIpc) is 3.27. The van der Waals surface area contributed by atoms with Crippen LogP contribution < -0.4 is 5.32 Å². The van der Waals surface area contributed by atoms with Gasteiger partial charge in [0.25, 0.3) is 0 Å². The van der Waals surface area contributed by atoms with E-state index in [0.717, 1.165) is 102 Å². The van der Waals surface area contributed by atoms with E-state index >= 15 is 0 Å². The van der Waals surface area contributed by atoms with Gasteiger partial charge in [-0.2, -0.15) is 0 Å². The van der Waals surface area contributed by atoms with E-state index in [-0.39, 0.29) is 12.7 Å². The number of nitrogens with one attached hydrogen (secondary N) is 1. The highest BCUT2D eigenvalue weighted by Crippen LogP contribution is 2.40. The molecule has 0 saturated heterocycles. The monoisotopic (exact) mass is 869 g/mol. The number of hydrogen-bond donors (Lipinski definition) is 1. The normalized spacial score (nSPS) is 13.3. The predicted molar refractivity (Wildman–Crippen MR) is 273 cm³/mol. The Morgan fingerprint density at radius 2 is 1.03 bits per heavy atom. The third-order valence-electron chi connectivity index (χ3n) is 13.9. The zero-order valence-electron chi connectivity index (χ0n) is 42.4. The lowest BCUT2D eigenvalue weighted by molar-refractivity contribution is -0.134. The fourth-order valence-electron chi connectivity index (χ4n) is 9.23. The first-order valence-corrected chi connectivity index (χ1v) is 27.4. The lowest BCUT2D eigenvalue weighted by Crippen LogP contribution is -2.44. The first-order chi connectivity index (χ1) is 30.3. The van der Waals surface area contributed by atoms with Gasteiger partial charge in [0.15, 0.2) is 0 Å². The Labute approximate surface area is 389 Å². The molecule has 1 fully saturated rings. The zero-order chi connectivity index (χ0) is 45.2. The molecule has 62 heavy (non-hydrogen) atoms. The molecule has 0 heterocycles. The molecular formula is C57H108N2O3. The van der Waals surface area contributed by atoms with Gasteiger partial charge in [-0.15, -0.1) is 0 Å². The average molecular weight is 870 g/mol. The van der Waals surface area contributed by atoms with Crippen LogP contribution in [0.1, 0.15) is 274 Å². The van der Waals surface area contributed by atoms with Crippen LogP contribution in [-0.4, -0.2) is 49.7 Å². The van der Waals surface area contributed by atoms with Crippen molar-refractivity contribution in [3.05, 3.63) is 36.1 Å². The van der Waals surface area contributed by atoms with Crippen molar-refractivity contribution in [3.63, 3.8) is 0 Å². The summed E-state index contributed by atoms with van der Waals surface area (Å²) >= 11 is 0. The molecule has 0 radical (unpaired) electrons. The Kier molecular flexibility index (Phi) is 39.1. The number of allylic oxidation sites excluding steroid dienone is 2. The van der Waals surface area contributed by atoms with Gasteiger partial charge in [-0.25, -0.2) is 0 Å². The van der Waals surface area contributed by atoms with Gasteiger partial charge in [-0.05, 0) is 103 Å². The van der Waals surface area contributed by atoms with Crippen molar-refractivity contribution < 1.29 is 15.7 Å². The number of carbonyl (C=O) groups is 1. The van der Waals surface area contributed by atoms with Crippen LogP contribution in [0.3, 0.4) is 0 Å². The fourth-order valence-corrected chi connectivity index (χ4v) is 9.23. The Balaban J connectivity index is 0.0000384. The van der Waals surface area contributed by atoms with Crippen molar-refractivity contribution in [2.75, 3.05) is 32.8 Å². The summed E-state index contributed by atoms with van der Waals surface area (Å²) in [7, 11) is 0. The summed E-state index contributed by atoms with van der Waals surface area (Å²) in [5, 5.41) is 3.26. The van der Waals surface area contributed by atoms with E-state index in [1.165, 1.54) is 186 Å². The lowest BCUT2D eigenvalue weighted by Gasteiger charge is -2.36. The van der Waals surface area contributed by atoms with Crippen LogP contribution in [0.4, 0.5) is 0 Å². The standard InChI is InChI=1S/C57H106N2O3.H2/c1-8-14-18-20-24-32-42-55(43-33-25-21-19-15-9-2)62-54(13-6)41-31-27-23-29-35-49-59(50-37-47-58-56(60)57(7)45-36-46-57)48-34-28-22-26-30-40-53(12-5)61-51-44-52(38-16-10-3)39-17-11-4;/h52,55H,5-6,8-11,14-51H2,1-4,7H3,(H,58,60);1H. The first-order valence-electron chi connectivity index (χ1n) is 27.4. The van der Waals surface area contributed by atoms with Crippen LogP contribution in [0.15, 0.2) is 36.1 Å². The summed E-state index contributed by atoms with van der Waals surface area (Å²) in [6, 6.07) is 0. The summed E-state index contributed by atoms with van der Waals surface area (Å²) in [6.45, 7) is 24.3. The predicted octanol–water partition coefficient (Wildman–Crippen LogP) is 17.5. The minimum atomic E-state index is -0.114. The maximum atomic E-state index is 12.7. The Morgan fingerprint density at radius 3 is 1.52 bits per heavy atom. The highest BCUT2D eigenvalue weighted by atomic mass is 16.5. The number of unbranched alkanes of at least 4 members (excludes halogenated alkanes) is 20. The summed E-state index contributed by atoms with van der Waals surface area (Å²) in [6.07, 6.45) is 46.4. The van der Waals surface area contributed by atoms with Crippen molar-refractivity contribution in [2.24, 2.45) is 11.3 Å². The number of nitrogens with zero attached hydrogens (tertiary/aromatic N) is 1. The van der Waals surface area contributed by atoms with Crippen molar-refractivity contribution in [1.82, 2.24) is 10.2 Å². The topological polar surface area (TPSA) is 50.8 Å². The number of ether oxygens (including phenoxy) is 2. The van der Waals surface area contributed by atoms with E-state index in [4.69, 9.17) is 9.47 Å². The molecule has 1 rings (SSSR count). The molecule has 0 bridgehead atoms. The Bertz CT molecular complexity index is 1120. The van der Waals surface area contributed by atoms with Gasteiger partial charge < -0.3 is 19.7 Å². The van der Waals surface area contributed by atoms with Gasteiger partial charge in [0.1, 0.15) is 11.5 Å². The molecule has 5 nitrogen and oxygen atoms in total. The SMILES string of the molecule is C=C=C(CCCCCCCN(CCCCCCCC(=C=C)OC(CCCCCCCC)CCCCCCCC)CCCNC(=O)C1(C)CCC1)OCCC(CCCC)CCCC.[HH]. The maximum absolute atomic E-state index is 12.7. The van der Waals surface area contributed by atoms with Gasteiger partial charge in [0.05, 0.1) is 12.7 Å². The molecule has 1 saturated carbocycles. The van der Waals surface area contributed by atoms with Crippen molar-refractivity contribution in [2.45, 2.75) is 278 Å². The molecule has 1 amide bonds. The largest absolute Gasteiger partial charge is 0.490 e. The minimum Gasteiger partial charge on any atom is -0.490 e. The molecule has 0 aliphatic heterocycles. The molecule has 0 aromatic carbocycles. The zero-order valence-corrected chi connectivity index (χ0v) is 42.4. The van der Waals surface area contributed by atoms with E-state index in [1.807, 2.05) is 0 Å². The number of rotatable bonds is 47. The summed E-state index contributed by atoms with van der Waals surface area (Å²) in [5.41, 5.74) is 6.18. The van der Waals surface area contributed by atoms with Crippen molar-refractivity contribution in [3.8, 4) is 0 Å². The van der Waals surface area contributed by atoms with Gasteiger partial charge in [0.2, 0.25) is 5.91 Å². The van der Waals surface area contributed by atoms with Crippen LogP contribution in [0.25, 0.3) is 0 Å².